The van der Waals surface area contributed by atoms with Gasteiger partial charge in [0.1, 0.15) is 6.04 Å². The van der Waals surface area contributed by atoms with Crippen LogP contribution in [0.1, 0.15) is 37.0 Å². The topological polar surface area (TPSA) is 101 Å². The normalized spacial score (nSPS) is 17.3. The summed E-state index contributed by atoms with van der Waals surface area (Å²) in [6.07, 6.45) is 0.433. The molecular formula is C21H21N3O5. The van der Waals surface area contributed by atoms with Crippen LogP contribution in [0.15, 0.2) is 54.6 Å². The zero-order valence-electron chi connectivity index (χ0n) is 16.1. The molecule has 150 valence electrons. The standard InChI is InChI=1S/C21H21N3O5/c1-3-14(2)22(20(26)15-8-7-11-17(12-15)24(28)29)18-13-19(25)23(21(18)27)16-9-5-4-6-10-16/h4-12,14,18H,3,13H2,1-2H3. The van der Waals surface area contributed by atoms with Gasteiger partial charge in [-0.15, -0.1) is 0 Å². The molecule has 2 aromatic rings. The van der Waals surface area contributed by atoms with Crippen LogP contribution in [-0.2, 0) is 9.59 Å². The highest BCUT2D eigenvalue weighted by Gasteiger charge is 2.45. The fraction of sp³-hybridized carbons (Fsp3) is 0.286. The van der Waals surface area contributed by atoms with Gasteiger partial charge in [-0.3, -0.25) is 24.5 Å². The first-order valence-corrected chi connectivity index (χ1v) is 9.34. The minimum Gasteiger partial charge on any atom is -0.323 e. The Morgan fingerprint density at radius 2 is 1.90 bits per heavy atom. The summed E-state index contributed by atoms with van der Waals surface area (Å²) in [6, 6.07) is 12.7. The van der Waals surface area contributed by atoms with Crippen LogP contribution in [0.3, 0.4) is 0 Å². The van der Waals surface area contributed by atoms with Crippen molar-refractivity contribution in [2.75, 3.05) is 4.90 Å². The van der Waals surface area contributed by atoms with Crippen LogP contribution in [-0.4, -0.2) is 39.6 Å². The maximum Gasteiger partial charge on any atom is 0.270 e. The summed E-state index contributed by atoms with van der Waals surface area (Å²) in [6.45, 7) is 3.66. The SMILES string of the molecule is CCC(C)N(C(=O)c1cccc([N+](=O)[O-])c1)C1CC(=O)N(c2ccccc2)C1=O. The van der Waals surface area contributed by atoms with Gasteiger partial charge in [-0.1, -0.05) is 31.2 Å². The van der Waals surface area contributed by atoms with Crippen molar-refractivity contribution in [2.24, 2.45) is 0 Å². The fourth-order valence-electron chi connectivity index (χ4n) is 3.43. The molecule has 0 bridgehead atoms. The van der Waals surface area contributed by atoms with E-state index in [-0.39, 0.29) is 29.6 Å². The molecule has 0 radical (unpaired) electrons. The number of carbonyl (C=O) groups excluding carboxylic acids is 3. The Morgan fingerprint density at radius 1 is 1.21 bits per heavy atom. The third-order valence-corrected chi connectivity index (χ3v) is 5.08. The number of anilines is 1. The van der Waals surface area contributed by atoms with Gasteiger partial charge in [0.05, 0.1) is 17.0 Å². The number of non-ortho nitro benzene ring substituents is 1. The summed E-state index contributed by atoms with van der Waals surface area (Å²) in [5.74, 6) is -1.37. The number of hydrogen-bond acceptors (Lipinski definition) is 5. The van der Waals surface area contributed by atoms with Crippen molar-refractivity contribution in [3.05, 3.63) is 70.3 Å². The van der Waals surface area contributed by atoms with Gasteiger partial charge in [-0.25, -0.2) is 4.90 Å². The predicted octanol–water partition coefficient (Wildman–Crippen LogP) is 3.17. The second kappa shape index (κ2) is 8.22. The summed E-state index contributed by atoms with van der Waals surface area (Å²) < 4.78 is 0. The predicted molar refractivity (Wildman–Crippen MR) is 106 cm³/mol. The second-order valence-electron chi connectivity index (χ2n) is 6.90. The lowest BCUT2D eigenvalue weighted by Crippen LogP contribution is -2.49. The van der Waals surface area contributed by atoms with Crippen LogP contribution in [0.4, 0.5) is 11.4 Å². The highest BCUT2D eigenvalue weighted by molar-refractivity contribution is 6.23. The van der Waals surface area contributed by atoms with E-state index < -0.39 is 22.8 Å². The van der Waals surface area contributed by atoms with Gasteiger partial charge >= 0.3 is 0 Å². The van der Waals surface area contributed by atoms with E-state index in [0.29, 0.717) is 12.1 Å². The lowest BCUT2D eigenvalue weighted by Gasteiger charge is -2.32. The average Bonchev–Trinajstić information content (AvgIpc) is 3.02. The van der Waals surface area contributed by atoms with Crippen molar-refractivity contribution in [1.29, 1.82) is 0 Å². The van der Waals surface area contributed by atoms with E-state index in [4.69, 9.17) is 0 Å². The van der Waals surface area contributed by atoms with Gasteiger partial charge in [-0.2, -0.15) is 0 Å². The molecule has 1 aliphatic heterocycles. The number of nitro groups is 1. The van der Waals surface area contributed by atoms with E-state index in [9.17, 15) is 24.5 Å². The Balaban J connectivity index is 1.96. The van der Waals surface area contributed by atoms with E-state index in [1.54, 1.807) is 37.3 Å². The molecule has 3 rings (SSSR count). The number of rotatable bonds is 6. The highest BCUT2D eigenvalue weighted by Crippen LogP contribution is 2.28. The number of benzene rings is 2. The Bertz CT molecular complexity index is 960. The van der Waals surface area contributed by atoms with Gasteiger partial charge in [0.25, 0.3) is 17.5 Å². The molecule has 8 nitrogen and oxygen atoms in total. The molecule has 29 heavy (non-hydrogen) atoms. The second-order valence-corrected chi connectivity index (χ2v) is 6.90. The molecular weight excluding hydrogens is 374 g/mol. The molecule has 8 heteroatoms. The number of carbonyl (C=O) groups is 3. The van der Waals surface area contributed by atoms with Gasteiger partial charge in [-0.05, 0) is 31.5 Å². The van der Waals surface area contributed by atoms with Crippen LogP contribution in [0.25, 0.3) is 0 Å². The van der Waals surface area contributed by atoms with E-state index in [1.165, 1.54) is 29.2 Å². The summed E-state index contributed by atoms with van der Waals surface area (Å²) >= 11 is 0. The minimum atomic E-state index is -0.954. The van der Waals surface area contributed by atoms with Crippen LogP contribution in [0.2, 0.25) is 0 Å². The van der Waals surface area contributed by atoms with E-state index in [2.05, 4.69) is 0 Å². The van der Waals surface area contributed by atoms with Crippen LogP contribution >= 0.6 is 0 Å². The number of hydrogen-bond donors (Lipinski definition) is 0. The maximum absolute atomic E-state index is 13.2. The molecule has 3 amide bonds. The van der Waals surface area contributed by atoms with Crippen LogP contribution in [0, 0.1) is 10.1 Å². The molecule has 2 aromatic carbocycles. The van der Waals surface area contributed by atoms with Crippen molar-refractivity contribution in [1.82, 2.24) is 4.90 Å². The molecule has 1 aliphatic rings. The van der Waals surface area contributed by atoms with Crippen molar-refractivity contribution in [3.63, 3.8) is 0 Å². The third-order valence-electron chi connectivity index (χ3n) is 5.08. The van der Waals surface area contributed by atoms with Crippen LogP contribution < -0.4 is 4.90 Å². The Morgan fingerprint density at radius 3 is 2.52 bits per heavy atom. The number of nitro benzene ring substituents is 1. The quantitative estimate of drug-likeness (QED) is 0.425. The molecule has 2 atom stereocenters. The summed E-state index contributed by atoms with van der Waals surface area (Å²) in [5.41, 5.74) is 0.356. The first-order chi connectivity index (χ1) is 13.8. The summed E-state index contributed by atoms with van der Waals surface area (Å²) in [5, 5.41) is 11.1. The van der Waals surface area contributed by atoms with Gasteiger partial charge in [0.2, 0.25) is 5.91 Å². The van der Waals surface area contributed by atoms with Crippen LogP contribution in [0.5, 0.6) is 0 Å². The smallest absolute Gasteiger partial charge is 0.270 e. The number of imide groups is 1. The van der Waals surface area contributed by atoms with Crippen molar-refractivity contribution < 1.29 is 19.3 Å². The van der Waals surface area contributed by atoms with Crippen molar-refractivity contribution in [2.45, 2.75) is 38.8 Å². The molecule has 0 aromatic heterocycles. The van der Waals surface area contributed by atoms with Crippen molar-refractivity contribution in [3.8, 4) is 0 Å². The minimum absolute atomic E-state index is 0.109. The number of para-hydroxylation sites is 1. The van der Waals surface area contributed by atoms with Crippen molar-refractivity contribution >= 4 is 29.1 Å². The number of amides is 3. The number of nitrogens with zero attached hydrogens (tertiary/aromatic N) is 3. The van der Waals surface area contributed by atoms with Gasteiger partial charge in [0.15, 0.2) is 0 Å². The Hall–Kier alpha value is -3.55. The maximum atomic E-state index is 13.2. The Kier molecular flexibility index (Phi) is 5.72. The molecule has 2 unspecified atom stereocenters. The monoisotopic (exact) mass is 395 g/mol. The molecule has 0 aliphatic carbocycles. The first kappa shape index (κ1) is 20.2. The highest BCUT2D eigenvalue weighted by atomic mass is 16.6. The molecule has 1 fully saturated rings. The van der Waals surface area contributed by atoms with Gasteiger partial charge in [0, 0.05) is 23.7 Å². The Labute approximate surface area is 167 Å². The summed E-state index contributed by atoms with van der Waals surface area (Å²) in [4.78, 5) is 51.9. The average molecular weight is 395 g/mol. The lowest BCUT2D eigenvalue weighted by atomic mass is 10.1. The first-order valence-electron chi connectivity index (χ1n) is 9.34. The lowest BCUT2D eigenvalue weighted by molar-refractivity contribution is -0.384. The van der Waals surface area contributed by atoms with E-state index in [1.807, 2.05) is 6.92 Å². The molecule has 0 saturated carbocycles. The molecule has 1 saturated heterocycles. The van der Waals surface area contributed by atoms with Gasteiger partial charge < -0.3 is 4.90 Å². The zero-order valence-corrected chi connectivity index (χ0v) is 16.1. The molecule has 0 N–H and O–H groups in total. The largest absolute Gasteiger partial charge is 0.323 e. The fourth-order valence-corrected chi connectivity index (χ4v) is 3.43. The van der Waals surface area contributed by atoms with E-state index in [0.717, 1.165) is 4.90 Å². The third kappa shape index (κ3) is 3.87. The van der Waals surface area contributed by atoms with E-state index >= 15 is 0 Å². The summed E-state index contributed by atoms with van der Waals surface area (Å²) in [7, 11) is 0. The molecule has 0 spiro atoms. The molecule has 1 heterocycles. The zero-order chi connectivity index (χ0) is 21.1.